The van der Waals surface area contributed by atoms with E-state index in [1.165, 1.54) is 0 Å². The fraction of sp³-hybridized carbons (Fsp3) is 0.500. The largest absolute Gasteiger partial charge is 0.494 e. The Morgan fingerprint density at radius 2 is 1.95 bits per heavy atom. The van der Waals surface area contributed by atoms with Crippen LogP contribution in [0.15, 0.2) is 28.8 Å². The molecule has 120 valence electrons. The van der Waals surface area contributed by atoms with Gasteiger partial charge in [-0.2, -0.15) is 4.98 Å². The zero-order chi connectivity index (χ0) is 16.2. The van der Waals surface area contributed by atoms with Gasteiger partial charge in [-0.05, 0) is 52.1 Å². The van der Waals surface area contributed by atoms with Crippen molar-refractivity contribution in [3.05, 3.63) is 30.2 Å². The maximum Gasteiger partial charge on any atom is 0.241 e. The third-order valence-electron chi connectivity index (χ3n) is 2.95. The van der Waals surface area contributed by atoms with Crippen LogP contribution in [0.3, 0.4) is 0 Å². The first-order chi connectivity index (χ1) is 10.4. The molecule has 0 aliphatic carbocycles. The Morgan fingerprint density at radius 3 is 2.55 bits per heavy atom. The second kappa shape index (κ2) is 6.89. The first kappa shape index (κ1) is 16.5. The zero-order valence-electron chi connectivity index (χ0n) is 13.5. The van der Waals surface area contributed by atoms with Gasteiger partial charge in [0, 0.05) is 12.1 Å². The Hall–Kier alpha value is -1.92. The molecular weight excluding hydrogens is 282 g/mol. The number of ether oxygens (including phenoxy) is 1. The van der Waals surface area contributed by atoms with E-state index >= 15 is 0 Å². The molecule has 1 heterocycles. The van der Waals surface area contributed by atoms with Gasteiger partial charge in [0.1, 0.15) is 5.75 Å². The van der Waals surface area contributed by atoms with Crippen molar-refractivity contribution in [1.29, 1.82) is 0 Å². The predicted molar refractivity (Wildman–Crippen MR) is 83.5 cm³/mol. The van der Waals surface area contributed by atoms with E-state index in [1.54, 1.807) is 13.8 Å². The molecule has 0 aliphatic heterocycles. The lowest BCUT2D eigenvalue weighted by atomic mass is 10.1. The molecule has 1 N–H and O–H groups in total. The monoisotopic (exact) mass is 305 g/mol. The molecule has 6 nitrogen and oxygen atoms in total. The van der Waals surface area contributed by atoms with Crippen LogP contribution in [0.1, 0.15) is 26.7 Å². The highest BCUT2D eigenvalue weighted by molar-refractivity contribution is 5.55. The SMILES string of the molecule is CCOc1ccc(-c2noc(CN(C)CC(C)(C)O)n2)cc1. The smallest absolute Gasteiger partial charge is 0.241 e. The van der Waals surface area contributed by atoms with Crippen molar-refractivity contribution in [3.63, 3.8) is 0 Å². The molecule has 0 saturated heterocycles. The summed E-state index contributed by atoms with van der Waals surface area (Å²) >= 11 is 0. The number of hydrogen-bond donors (Lipinski definition) is 1. The van der Waals surface area contributed by atoms with Gasteiger partial charge in [0.15, 0.2) is 0 Å². The molecule has 0 aliphatic rings. The van der Waals surface area contributed by atoms with Crippen molar-refractivity contribution in [2.75, 3.05) is 20.2 Å². The molecule has 2 rings (SSSR count). The molecule has 0 atom stereocenters. The van der Waals surface area contributed by atoms with Gasteiger partial charge in [0.2, 0.25) is 11.7 Å². The number of aromatic nitrogens is 2. The minimum absolute atomic E-state index is 0.494. The lowest BCUT2D eigenvalue weighted by Gasteiger charge is -2.23. The average Bonchev–Trinajstić information content (AvgIpc) is 2.86. The maximum absolute atomic E-state index is 9.80. The molecule has 6 heteroatoms. The van der Waals surface area contributed by atoms with Gasteiger partial charge in [-0.3, -0.25) is 4.90 Å². The van der Waals surface area contributed by atoms with Gasteiger partial charge in [0.05, 0.1) is 18.8 Å². The Bertz CT molecular complexity index is 587. The summed E-state index contributed by atoms with van der Waals surface area (Å²) in [4.78, 5) is 6.32. The first-order valence-corrected chi connectivity index (χ1v) is 7.34. The van der Waals surface area contributed by atoms with Gasteiger partial charge in [0.25, 0.3) is 0 Å². The summed E-state index contributed by atoms with van der Waals surface area (Å²) < 4.78 is 10.7. The van der Waals surface area contributed by atoms with Gasteiger partial charge in [-0.25, -0.2) is 0 Å². The normalized spacial score (nSPS) is 11.9. The first-order valence-electron chi connectivity index (χ1n) is 7.34. The third kappa shape index (κ3) is 4.82. The van der Waals surface area contributed by atoms with Gasteiger partial charge in [-0.15, -0.1) is 0 Å². The van der Waals surface area contributed by atoms with E-state index in [0.29, 0.717) is 31.4 Å². The number of benzene rings is 1. The zero-order valence-corrected chi connectivity index (χ0v) is 13.5. The van der Waals surface area contributed by atoms with Crippen LogP contribution in [0.2, 0.25) is 0 Å². The average molecular weight is 305 g/mol. The Labute approximate surface area is 130 Å². The van der Waals surface area contributed by atoms with E-state index in [9.17, 15) is 5.11 Å². The number of aliphatic hydroxyl groups is 1. The van der Waals surface area contributed by atoms with Crippen LogP contribution in [0.4, 0.5) is 0 Å². The summed E-state index contributed by atoms with van der Waals surface area (Å²) in [7, 11) is 1.90. The molecule has 1 aromatic heterocycles. The number of likely N-dealkylation sites (N-methyl/N-ethyl adjacent to an activating group) is 1. The van der Waals surface area contributed by atoms with Crippen LogP contribution in [0.25, 0.3) is 11.4 Å². The Balaban J connectivity index is 2.01. The lowest BCUT2D eigenvalue weighted by molar-refractivity contribution is 0.0397. The molecule has 0 amide bonds. The molecular formula is C16H23N3O3. The van der Waals surface area contributed by atoms with Crippen LogP contribution in [-0.2, 0) is 6.54 Å². The molecule has 0 saturated carbocycles. The van der Waals surface area contributed by atoms with Gasteiger partial charge < -0.3 is 14.4 Å². The highest BCUT2D eigenvalue weighted by atomic mass is 16.5. The Morgan fingerprint density at radius 1 is 1.27 bits per heavy atom. The summed E-state index contributed by atoms with van der Waals surface area (Å²) in [6.07, 6.45) is 0. The van der Waals surface area contributed by atoms with Crippen molar-refractivity contribution in [3.8, 4) is 17.1 Å². The van der Waals surface area contributed by atoms with Crippen LogP contribution in [-0.4, -0.2) is 45.9 Å². The second-order valence-electron chi connectivity index (χ2n) is 5.95. The van der Waals surface area contributed by atoms with E-state index in [1.807, 2.05) is 43.1 Å². The third-order valence-corrected chi connectivity index (χ3v) is 2.95. The lowest BCUT2D eigenvalue weighted by Crippen LogP contribution is -2.35. The van der Waals surface area contributed by atoms with E-state index in [2.05, 4.69) is 10.1 Å². The second-order valence-corrected chi connectivity index (χ2v) is 5.95. The molecule has 0 unspecified atom stereocenters. The molecule has 0 bridgehead atoms. The van der Waals surface area contributed by atoms with Crippen molar-refractivity contribution < 1.29 is 14.4 Å². The quantitative estimate of drug-likeness (QED) is 0.846. The molecule has 22 heavy (non-hydrogen) atoms. The summed E-state index contributed by atoms with van der Waals surface area (Å²) in [5, 5.41) is 13.8. The van der Waals surface area contributed by atoms with Crippen molar-refractivity contribution >= 4 is 0 Å². The number of rotatable bonds is 7. The van der Waals surface area contributed by atoms with Crippen molar-refractivity contribution in [1.82, 2.24) is 15.0 Å². The van der Waals surface area contributed by atoms with Crippen molar-refractivity contribution in [2.24, 2.45) is 0 Å². The minimum Gasteiger partial charge on any atom is -0.494 e. The van der Waals surface area contributed by atoms with Crippen LogP contribution in [0, 0.1) is 0 Å². The summed E-state index contributed by atoms with van der Waals surface area (Å²) in [6, 6.07) is 7.57. The highest BCUT2D eigenvalue weighted by Gasteiger charge is 2.18. The topological polar surface area (TPSA) is 71.6 Å². The molecule has 2 aromatic rings. The number of nitrogens with zero attached hydrogens (tertiary/aromatic N) is 3. The van der Waals surface area contributed by atoms with Crippen LogP contribution < -0.4 is 4.74 Å². The molecule has 1 aromatic carbocycles. The summed E-state index contributed by atoms with van der Waals surface area (Å²) in [5.41, 5.74) is 0.121. The molecule has 0 fully saturated rings. The van der Waals surface area contributed by atoms with Crippen molar-refractivity contribution in [2.45, 2.75) is 32.9 Å². The standard InChI is InChI=1S/C16H23N3O3/c1-5-21-13-8-6-12(7-9-13)15-17-14(22-18-15)10-19(4)11-16(2,3)20/h6-9,20H,5,10-11H2,1-4H3. The van der Waals surface area contributed by atoms with E-state index < -0.39 is 5.60 Å². The fourth-order valence-corrected chi connectivity index (χ4v) is 2.25. The van der Waals surface area contributed by atoms with E-state index in [4.69, 9.17) is 9.26 Å². The van der Waals surface area contributed by atoms with Gasteiger partial charge >= 0.3 is 0 Å². The highest BCUT2D eigenvalue weighted by Crippen LogP contribution is 2.20. The van der Waals surface area contributed by atoms with E-state index in [0.717, 1.165) is 11.3 Å². The molecule has 0 radical (unpaired) electrons. The molecule has 0 spiro atoms. The number of hydrogen-bond acceptors (Lipinski definition) is 6. The minimum atomic E-state index is -0.757. The maximum atomic E-state index is 9.80. The predicted octanol–water partition coefficient (Wildman–Crippen LogP) is 2.34. The fourth-order valence-electron chi connectivity index (χ4n) is 2.25. The van der Waals surface area contributed by atoms with Crippen LogP contribution >= 0.6 is 0 Å². The summed E-state index contributed by atoms with van der Waals surface area (Å²) in [6.45, 7) is 7.13. The van der Waals surface area contributed by atoms with Gasteiger partial charge in [-0.1, -0.05) is 5.16 Å². The summed E-state index contributed by atoms with van der Waals surface area (Å²) in [5.74, 6) is 1.89. The van der Waals surface area contributed by atoms with E-state index in [-0.39, 0.29) is 0 Å². The Kier molecular flexibility index (Phi) is 5.15. The van der Waals surface area contributed by atoms with Crippen LogP contribution in [0.5, 0.6) is 5.75 Å².